The van der Waals surface area contributed by atoms with Crippen molar-refractivity contribution in [3.8, 4) is 0 Å². The van der Waals surface area contributed by atoms with Gasteiger partial charge in [0.1, 0.15) is 5.60 Å². The summed E-state index contributed by atoms with van der Waals surface area (Å²) in [5, 5.41) is 3.33. The zero-order valence-electron chi connectivity index (χ0n) is 12.0. The van der Waals surface area contributed by atoms with Gasteiger partial charge >= 0.3 is 0 Å². The molecule has 2 heterocycles. The van der Waals surface area contributed by atoms with E-state index in [9.17, 15) is 4.79 Å². The molecule has 0 radical (unpaired) electrons. The van der Waals surface area contributed by atoms with Crippen molar-refractivity contribution in [2.75, 3.05) is 26.2 Å². The molecule has 5 heteroatoms. The van der Waals surface area contributed by atoms with Crippen LogP contribution in [0.25, 0.3) is 0 Å². The van der Waals surface area contributed by atoms with Crippen molar-refractivity contribution >= 4 is 6.47 Å². The minimum absolute atomic E-state index is 0.318. The normalized spacial score (nSPS) is 16.4. The van der Waals surface area contributed by atoms with Gasteiger partial charge in [-0.05, 0) is 26.8 Å². The van der Waals surface area contributed by atoms with Crippen LogP contribution in [0.1, 0.15) is 26.3 Å². The molecule has 0 saturated carbocycles. The summed E-state index contributed by atoms with van der Waals surface area (Å²) in [4.78, 5) is 12.0. The van der Waals surface area contributed by atoms with Crippen molar-refractivity contribution < 1.29 is 13.9 Å². The first kappa shape index (κ1) is 15.7. The average Bonchev–Trinajstić information content (AvgIpc) is 2.82. The minimum atomic E-state index is -0.318. The highest BCUT2D eigenvalue weighted by molar-refractivity contribution is 5.37. The van der Waals surface area contributed by atoms with Crippen LogP contribution in [0.3, 0.4) is 0 Å². The van der Waals surface area contributed by atoms with Gasteiger partial charge < -0.3 is 14.5 Å². The Morgan fingerprint density at radius 3 is 2.53 bits per heavy atom. The van der Waals surface area contributed by atoms with Crippen LogP contribution < -0.4 is 5.32 Å². The van der Waals surface area contributed by atoms with Crippen molar-refractivity contribution in [1.82, 2.24) is 10.2 Å². The summed E-state index contributed by atoms with van der Waals surface area (Å²) >= 11 is 0. The smallest absolute Gasteiger partial charge is 0.293 e. The predicted molar refractivity (Wildman–Crippen MR) is 73.8 cm³/mol. The predicted octanol–water partition coefficient (Wildman–Crippen LogP) is 1.64. The molecule has 0 spiro atoms. The van der Waals surface area contributed by atoms with E-state index in [0.29, 0.717) is 6.47 Å². The van der Waals surface area contributed by atoms with Gasteiger partial charge in [0.15, 0.2) is 0 Å². The molecule has 0 aliphatic carbocycles. The standard InChI is InChI=1S/C9H14N2O.C5H10O2/c1-6-12-8-9(1)7-11-4-2-10-3-5-11;1-5(2,3)7-4-6/h1,6,8,10H,2-5,7H2;4H,1-3H3. The number of piperazine rings is 1. The number of furan rings is 1. The van der Waals surface area contributed by atoms with Crippen LogP contribution in [-0.2, 0) is 16.1 Å². The van der Waals surface area contributed by atoms with Crippen LogP contribution in [0.2, 0.25) is 0 Å². The van der Waals surface area contributed by atoms with Gasteiger partial charge in [-0.15, -0.1) is 0 Å². The van der Waals surface area contributed by atoms with Gasteiger partial charge in [0, 0.05) is 38.3 Å². The lowest BCUT2D eigenvalue weighted by molar-refractivity contribution is -0.138. The summed E-state index contributed by atoms with van der Waals surface area (Å²) in [5.74, 6) is 0. The summed E-state index contributed by atoms with van der Waals surface area (Å²) in [6, 6.07) is 2.03. The molecule has 0 amide bonds. The number of carbonyl (C=O) groups is 1. The maximum absolute atomic E-state index is 9.60. The van der Waals surface area contributed by atoms with E-state index < -0.39 is 0 Å². The van der Waals surface area contributed by atoms with Gasteiger partial charge in [-0.25, -0.2) is 0 Å². The summed E-state index contributed by atoms with van der Waals surface area (Å²) in [6.45, 7) is 11.5. The third-order valence-corrected chi connectivity index (χ3v) is 2.60. The Bertz CT molecular complexity index is 338. The van der Waals surface area contributed by atoms with Crippen LogP contribution in [0.5, 0.6) is 0 Å². The molecule has 0 atom stereocenters. The van der Waals surface area contributed by atoms with E-state index in [1.807, 2.05) is 33.1 Å². The number of hydrogen-bond donors (Lipinski definition) is 1. The van der Waals surface area contributed by atoms with Gasteiger partial charge in [-0.1, -0.05) is 0 Å². The van der Waals surface area contributed by atoms with Gasteiger partial charge in [0.2, 0.25) is 0 Å². The van der Waals surface area contributed by atoms with Crippen molar-refractivity contribution in [1.29, 1.82) is 0 Å². The summed E-state index contributed by atoms with van der Waals surface area (Å²) < 4.78 is 9.56. The fourth-order valence-electron chi connectivity index (χ4n) is 1.65. The van der Waals surface area contributed by atoms with Gasteiger partial charge in [-0.2, -0.15) is 0 Å². The highest BCUT2D eigenvalue weighted by Gasteiger charge is 2.09. The van der Waals surface area contributed by atoms with Crippen LogP contribution in [-0.4, -0.2) is 43.2 Å². The minimum Gasteiger partial charge on any atom is -0.472 e. The monoisotopic (exact) mass is 268 g/mol. The second-order valence-electron chi connectivity index (χ2n) is 5.48. The maximum Gasteiger partial charge on any atom is 0.293 e. The molecule has 0 aromatic carbocycles. The number of nitrogens with zero attached hydrogens (tertiary/aromatic N) is 1. The van der Waals surface area contributed by atoms with E-state index in [0.717, 1.165) is 32.7 Å². The Morgan fingerprint density at radius 2 is 2.11 bits per heavy atom. The van der Waals surface area contributed by atoms with Crippen molar-refractivity contribution in [2.24, 2.45) is 0 Å². The number of carbonyl (C=O) groups excluding carboxylic acids is 1. The van der Waals surface area contributed by atoms with Crippen LogP contribution >= 0.6 is 0 Å². The van der Waals surface area contributed by atoms with E-state index in [4.69, 9.17) is 4.42 Å². The summed E-state index contributed by atoms with van der Waals surface area (Å²) in [5.41, 5.74) is 0.957. The molecule has 1 saturated heterocycles. The first-order valence-electron chi connectivity index (χ1n) is 6.57. The quantitative estimate of drug-likeness (QED) is 0.845. The van der Waals surface area contributed by atoms with Crippen molar-refractivity contribution in [3.63, 3.8) is 0 Å². The van der Waals surface area contributed by atoms with E-state index in [-0.39, 0.29) is 5.60 Å². The highest BCUT2D eigenvalue weighted by Crippen LogP contribution is 2.05. The second-order valence-corrected chi connectivity index (χ2v) is 5.48. The number of hydrogen-bond acceptors (Lipinski definition) is 5. The third kappa shape index (κ3) is 7.64. The first-order valence-corrected chi connectivity index (χ1v) is 6.57. The Kier molecular flexibility index (Phi) is 6.59. The SMILES string of the molecule is CC(C)(C)OC=O.c1cc(CN2CCNCC2)co1. The van der Waals surface area contributed by atoms with Crippen LogP contribution in [0, 0.1) is 0 Å². The Hall–Kier alpha value is -1.33. The highest BCUT2D eigenvalue weighted by atomic mass is 16.5. The lowest BCUT2D eigenvalue weighted by Crippen LogP contribution is -2.42. The van der Waals surface area contributed by atoms with Gasteiger partial charge in [0.25, 0.3) is 6.47 Å². The number of rotatable bonds is 3. The average molecular weight is 268 g/mol. The van der Waals surface area contributed by atoms with Gasteiger partial charge in [-0.3, -0.25) is 9.69 Å². The largest absolute Gasteiger partial charge is 0.472 e. The Morgan fingerprint density at radius 1 is 1.42 bits per heavy atom. The molecule has 1 aliphatic heterocycles. The number of nitrogens with one attached hydrogen (secondary N) is 1. The molecule has 1 N–H and O–H groups in total. The fraction of sp³-hybridized carbons (Fsp3) is 0.643. The summed E-state index contributed by atoms with van der Waals surface area (Å²) in [6.07, 6.45) is 3.56. The maximum atomic E-state index is 9.60. The molecule has 1 aromatic heterocycles. The van der Waals surface area contributed by atoms with E-state index >= 15 is 0 Å². The lowest BCUT2D eigenvalue weighted by Gasteiger charge is -2.26. The fourth-order valence-corrected chi connectivity index (χ4v) is 1.65. The molecule has 1 fully saturated rings. The Labute approximate surface area is 114 Å². The van der Waals surface area contributed by atoms with Crippen LogP contribution in [0.15, 0.2) is 23.0 Å². The topological polar surface area (TPSA) is 54.7 Å². The first-order chi connectivity index (χ1) is 9.01. The molecule has 1 aromatic rings. The van der Waals surface area contributed by atoms with E-state index in [1.165, 1.54) is 5.56 Å². The molecular formula is C14H24N2O3. The molecule has 0 unspecified atom stereocenters. The van der Waals surface area contributed by atoms with E-state index in [1.54, 1.807) is 6.26 Å². The van der Waals surface area contributed by atoms with Crippen molar-refractivity contribution in [3.05, 3.63) is 24.2 Å². The molecule has 108 valence electrons. The molecule has 2 rings (SSSR count). The van der Waals surface area contributed by atoms with Gasteiger partial charge in [0.05, 0.1) is 12.5 Å². The second kappa shape index (κ2) is 7.96. The molecule has 5 nitrogen and oxygen atoms in total. The number of ether oxygens (including phenoxy) is 1. The Balaban J connectivity index is 0.000000224. The summed E-state index contributed by atoms with van der Waals surface area (Å²) in [7, 11) is 0. The molecule has 0 bridgehead atoms. The van der Waals surface area contributed by atoms with Crippen molar-refractivity contribution in [2.45, 2.75) is 32.9 Å². The molecule has 19 heavy (non-hydrogen) atoms. The lowest BCUT2D eigenvalue weighted by atomic mass is 10.2. The molecular weight excluding hydrogens is 244 g/mol. The zero-order chi connectivity index (χ0) is 14.1. The molecule has 1 aliphatic rings. The third-order valence-electron chi connectivity index (χ3n) is 2.60. The van der Waals surface area contributed by atoms with E-state index in [2.05, 4.69) is 15.0 Å². The van der Waals surface area contributed by atoms with Crippen LogP contribution in [0.4, 0.5) is 0 Å². The zero-order valence-corrected chi connectivity index (χ0v) is 12.0.